The Bertz CT molecular complexity index is 278. The van der Waals surface area contributed by atoms with Gasteiger partial charge in [-0.15, -0.1) is 0 Å². The predicted octanol–water partition coefficient (Wildman–Crippen LogP) is 1.03. The molecular weight excluding hydrogens is 244 g/mol. The summed E-state index contributed by atoms with van der Waals surface area (Å²) in [5.41, 5.74) is 0. The zero-order chi connectivity index (χ0) is 14.8. The molecule has 0 bridgehead atoms. The summed E-state index contributed by atoms with van der Waals surface area (Å²) in [5.74, 6) is 0.0000169. The van der Waals surface area contributed by atoms with Gasteiger partial charge in [0.15, 0.2) is 5.78 Å². The minimum Gasteiger partial charge on any atom is -0.466 e. The van der Waals surface area contributed by atoms with E-state index in [0.29, 0.717) is 19.1 Å². The van der Waals surface area contributed by atoms with Gasteiger partial charge in [0, 0.05) is 19.6 Å². The van der Waals surface area contributed by atoms with Gasteiger partial charge in [-0.25, -0.2) is 0 Å². The maximum atomic E-state index is 11.8. The summed E-state index contributed by atoms with van der Waals surface area (Å²) in [4.78, 5) is 27.3. The predicted molar refractivity (Wildman–Crippen MR) is 76.1 cm³/mol. The van der Waals surface area contributed by atoms with E-state index in [4.69, 9.17) is 4.74 Å². The van der Waals surface area contributed by atoms with E-state index >= 15 is 0 Å². The Hall–Kier alpha value is -0.940. The third-order valence-electron chi connectivity index (χ3n) is 2.53. The van der Waals surface area contributed by atoms with Gasteiger partial charge in [-0.1, -0.05) is 13.8 Å². The standard InChI is InChI=1S/C14H28N2O3/c1-6-19-14(18)9-13(17)11-16(10-12(2)3)8-7-15(4)5/h12H,6-11H2,1-5H3. The largest absolute Gasteiger partial charge is 0.466 e. The summed E-state index contributed by atoms with van der Waals surface area (Å²) in [6, 6.07) is 0. The van der Waals surface area contributed by atoms with Crippen molar-refractivity contribution in [1.29, 1.82) is 0 Å². The molecule has 0 saturated heterocycles. The monoisotopic (exact) mass is 272 g/mol. The lowest BCUT2D eigenvalue weighted by Crippen LogP contribution is -2.38. The summed E-state index contributed by atoms with van der Waals surface area (Å²) in [6.45, 7) is 9.23. The number of ketones is 1. The molecule has 19 heavy (non-hydrogen) atoms. The molecular formula is C14H28N2O3. The average molecular weight is 272 g/mol. The molecule has 0 spiro atoms. The van der Waals surface area contributed by atoms with Gasteiger partial charge in [-0.05, 0) is 26.9 Å². The molecule has 0 aromatic carbocycles. The van der Waals surface area contributed by atoms with Crippen LogP contribution in [0.25, 0.3) is 0 Å². The number of hydrogen-bond donors (Lipinski definition) is 0. The molecule has 0 aromatic rings. The molecule has 0 aliphatic heterocycles. The van der Waals surface area contributed by atoms with Crippen molar-refractivity contribution in [2.24, 2.45) is 5.92 Å². The summed E-state index contributed by atoms with van der Waals surface area (Å²) >= 11 is 0. The maximum absolute atomic E-state index is 11.8. The van der Waals surface area contributed by atoms with Crippen LogP contribution in [0.4, 0.5) is 0 Å². The van der Waals surface area contributed by atoms with Crippen LogP contribution in [0.15, 0.2) is 0 Å². The number of esters is 1. The van der Waals surface area contributed by atoms with Gasteiger partial charge in [0.05, 0.1) is 13.2 Å². The number of hydrogen-bond acceptors (Lipinski definition) is 5. The second kappa shape index (κ2) is 9.92. The first kappa shape index (κ1) is 18.1. The van der Waals surface area contributed by atoms with Gasteiger partial charge >= 0.3 is 5.97 Å². The highest BCUT2D eigenvalue weighted by Gasteiger charge is 2.15. The van der Waals surface area contributed by atoms with Crippen LogP contribution in [0.3, 0.4) is 0 Å². The third-order valence-corrected chi connectivity index (χ3v) is 2.53. The van der Waals surface area contributed by atoms with Crippen LogP contribution < -0.4 is 0 Å². The maximum Gasteiger partial charge on any atom is 0.313 e. The van der Waals surface area contributed by atoms with Crippen LogP contribution in [0.1, 0.15) is 27.2 Å². The van der Waals surface area contributed by atoms with Crippen molar-refractivity contribution < 1.29 is 14.3 Å². The van der Waals surface area contributed by atoms with Gasteiger partial charge in [0.25, 0.3) is 0 Å². The van der Waals surface area contributed by atoms with Crippen LogP contribution >= 0.6 is 0 Å². The number of Topliss-reactive ketones (excluding diaryl/α,β-unsaturated/α-hetero) is 1. The minimum atomic E-state index is -0.426. The van der Waals surface area contributed by atoms with Crippen molar-refractivity contribution in [1.82, 2.24) is 9.80 Å². The number of carbonyl (C=O) groups is 2. The molecule has 0 saturated carbocycles. The molecule has 5 nitrogen and oxygen atoms in total. The average Bonchev–Trinajstić information content (AvgIpc) is 2.25. The molecule has 0 aromatic heterocycles. The van der Waals surface area contributed by atoms with Crippen molar-refractivity contribution in [2.75, 3.05) is 46.9 Å². The van der Waals surface area contributed by atoms with Gasteiger partial charge in [-0.3, -0.25) is 14.5 Å². The highest BCUT2D eigenvalue weighted by atomic mass is 16.5. The summed E-state index contributed by atoms with van der Waals surface area (Å²) < 4.78 is 4.79. The van der Waals surface area contributed by atoms with Crippen molar-refractivity contribution in [3.8, 4) is 0 Å². The topological polar surface area (TPSA) is 49.9 Å². The van der Waals surface area contributed by atoms with Crippen molar-refractivity contribution in [2.45, 2.75) is 27.2 Å². The lowest BCUT2D eigenvalue weighted by atomic mass is 10.2. The van der Waals surface area contributed by atoms with E-state index in [1.807, 2.05) is 14.1 Å². The van der Waals surface area contributed by atoms with Crippen molar-refractivity contribution in [3.63, 3.8) is 0 Å². The Morgan fingerprint density at radius 2 is 1.79 bits per heavy atom. The molecule has 5 heteroatoms. The zero-order valence-corrected chi connectivity index (χ0v) is 12.9. The number of nitrogens with zero attached hydrogens (tertiary/aromatic N) is 2. The Balaban J connectivity index is 4.21. The van der Waals surface area contributed by atoms with Gasteiger partial charge in [0.2, 0.25) is 0 Å². The summed E-state index contributed by atoms with van der Waals surface area (Å²) in [6.07, 6.45) is -0.121. The second-order valence-electron chi connectivity index (χ2n) is 5.45. The van der Waals surface area contributed by atoms with Gasteiger partial charge < -0.3 is 9.64 Å². The molecule has 0 radical (unpaired) electrons. The van der Waals surface area contributed by atoms with E-state index in [-0.39, 0.29) is 12.2 Å². The first-order valence-electron chi connectivity index (χ1n) is 6.89. The fourth-order valence-electron chi connectivity index (χ4n) is 1.77. The van der Waals surface area contributed by atoms with E-state index in [0.717, 1.165) is 19.6 Å². The minimum absolute atomic E-state index is 0.0714. The fraction of sp³-hybridized carbons (Fsp3) is 0.857. The molecule has 0 amide bonds. The third kappa shape index (κ3) is 10.7. The Morgan fingerprint density at radius 1 is 1.16 bits per heavy atom. The molecule has 0 aliphatic carbocycles. The Labute approximate surface area is 116 Å². The number of rotatable bonds is 10. The van der Waals surface area contributed by atoms with Crippen molar-refractivity contribution >= 4 is 11.8 Å². The van der Waals surface area contributed by atoms with E-state index in [1.165, 1.54) is 0 Å². The SMILES string of the molecule is CCOC(=O)CC(=O)CN(CCN(C)C)CC(C)C. The molecule has 0 aliphatic rings. The van der Waals surface area contributed by atoms with E-state index in [9.17, 15) is 9.59 Å². The second-order valence-corrected chi connectivity index (χ2v) is 5.45. The Kier molecular flexibility index (Phi) is 9.43. The summed E-state index contributed by atoms with van der Waals surface area (Å²) in [5, 5.41) is 0. The van der Waals surface area contributed by atoms with Gasteiger partial charge in [0.1, 0.15) is 6.42 Å². The van der Waals surface area contributed by atoms with Crippen LogP contribution in [0, 0.1) is 5.92 Å². The van der Waals surface area contributed by atoms with E-state index < -0.39 is 5.97 Å². The molecule has 0 N–H and O–H groups in total. The first-order valence-corrected chi connectivity index (χ1v) is 6.89. The van der Waals surface area contributed by atoms with Crippen molar-refractivity contribution in [3.05, 3.63) is 0 Å². The molecule has 0 rings (SSSR count). The highest BCUT2D eigenvalue weighted by Crippen LogP contribution is 2.01. The zero-order valence-electron chi connectivity index (χ0n) is 12.9. The first-order chi connectivity index (χ1) is 8.85. The summed E-state index contributed by atoms with van der Waals surface area (Å²) in [7, 11) is 4.02. The molecule has 0 fully saturated rings. The van der Waals surface area contributed by atoms with E-state index in [2.05, 4.69) is 23.6 Å². The van der Waals surface area contributed by atoms with Crippen LogP contribution in [-0.2, 0) is 14.3 Å². The highest BCUT2D eigenvalue weighted by molar-refractivity contribution is 5.96. The van der Waals surface area contributed by atoms with Crippen LogP contribution in [-0.4, -0.2) is 68.4 Å². The lowest BCUT2D eigenvalue weighted by molar-refractivity contribution is -0.145. The Morgan fingerprint density at radius 3 is 2.26 bits per heavy atom. The van der Waals surface area contributed by atoms with E-state index in [1.54, 1.807) is 6.92 Å². The lowest BCUT2D eigenvalue weighted by Gasteiger charge is -2.25. The van der Waals surface area contributed by atoms with Crippen LogP contribution in [0.5, 0.6) is 0 Å². The molecule has 112 valence electrons. The molecule has 0 atom stereocenters. The number of carbonyl (C=O) groups excluding carboxylic acids is 2. The van der Waals surface area contributed by atoms with Crippen LogP contribution in [0.2, 0.25) is 0 Å². The number of ether oxygens (including phenoxy) is 1. The number of likely N-dealkylation sites (N-methyl/N-ethyl adjacent to an activating group) is 1. The fourth-order valence-corrected chi connectivity index (χ4v) is 1.77. The quantitative estimate of drug-likeness (QED) is 0.439. The smallest absolute Gasteiger partial charge is 0.313 e. The normalized spacial score (nSPS) is 11.4. The molecule has 0 unspecified atom stereocenters. The molecule has 0 heterocycles. The van der Waals surface area contributed by atoms with Gasteiger partial charge in [-0.2, -0.15) is 0 Å².